The predicted molar refractivity (Wildman–Crippen MR) is 83.0 cm³/mol. The molecule has 0 amide bonds. The number of nitrogens with zero attached hydrogens (tertiary/aromatic N) is 1. The third-order valence-corrected chi connectivity index (χ3v) is 3.66. The van der Waals surface area contributed by atoms with E-state index in [9.17, 15) is 5.11 Å². The molecule has 1 saturated heterocycles. The van der Waals surface area contributed by atoms with Crippen molar-refractivity contribution in [1.82, 2.24) is 10.2 Å². The lowest BCUT2D eigenvalue weighted by Crippen LogP contribution is -2.44. The summed E-state index contributed by atoms with van der Waals surface area (Å²) in [5.74, 6) is 1.55. The number of hydrogen-bond acceptors (Lipinski definition) is 5. The van der Waals surface area contributed by atoms with Gasteiger partial charge in [0.25, 0.3) is 0 Å². The van der Waals surface area contributed by atoms with Crippen molar-refractivity contribution in [3.8, 4) is 11.5 Å². The minimum Gasteiger partial charge on any atom is -0.490 e. The summed E-state index contributed by atoms with van der Waals surface area (Å²) in [6.07, 6.45) is 0.811. The van der Waals surface area contributed by atoms with Crippen molar-refractivity contribution in [3.05, 3.63) is 24.3 Å². The maximum atomic E-state index is 10.3. The molecular weight excluding hydrogens is 268 g/mol. The van der Waals surface area contributed by atoms with Crippen LogP contribution >= 0.6 is 0 Å². The van der Waals surface area contributed by atoms with Gasteiger partial charge >= 0.3 is 0 Å². The fourth-order valence-electron chi connectivity index (χ4n) is 2.60. The van der Waals surface area contributed by atoms with Gasteiger partial charge < -0.3 is 24.8 Å². The molecule has 1 heterocycles. The third kappa shape index (κ3) is 4.88. The van der Waals surface area contributed by atoms with Crippen molar-refractivity contribution in [3.63, 3.8) is 0 Å². The fraction of sp³-hybridized carbons (Fsp3) is 0.625. The van der Waals surface area contributed by atoms with E-state index in [4.69, 9.17) is 9.47 Å². The van der Waals surface area contributed by atoms with Gasteiger partial charge in [-0.05, 0) is 39.1 Å². The highest BCUT2D eigenvalue weighted by atomic mass is 16.5. The van der Waals surface area contributed by atoms with Crippen molar-refractivity contribution in [2.45, 2.75) is 18.9 Å². The zero-order chi connectivity index (χ0) is 15.1. The van der Waals surface area contributed by atoms with Gasteiger partial charge in [0.1, 0.15) is 6.61 Å². The van der Waals surface area contributed by atoms with Crippen LogP contribution in [0.1, 0.15) is 13.3 Å². The Morgan fingerprint density at radius 1 is 1.29 bits per heavy atom. The van der Waals surface area contributed by atoms with E-state index in [1.807, 2.05) is 38.2 Å². The van der Waals surface area contributed by atoms with Gasteiger partial charge in [0.05, 0.1) is 12.2 Å². The molecule has 1 unspecified atom stereocenters. The minimum atomic E-state index is -0.599. The Morgan fingerprint density at radius 2 is 2.00 bits per heavy atom. The number of para-hydroxylation sites is 2. The molecule has 2 N–H and O–H groups in total. The van der Waals surface area contributed by atoms with Gasteiger partial charge in [-0.3, -0.25) is 0 Å². The van der Waals surface area contributed by atoms with Crippen LogP contribution in [0, 0.1) is 0 Å². The average molecular weight is 294 g/mol. The van der Waals surface area contributed by atoms with Crippen LogP contribution in [0.15, 0.2) is 24.3 Å². The monoisotopic (exact) mass is 294 g/mol. The van der Waals surface area contributed by atoms with Gasteiger partial charge in [-0.1, -0.05) is 12.1 Å². The summed E-state index contributed by atoms with van der Waals surface area (Å²) in [6, 6.07) is 7.70. The molecule has 1 aromatic carbocycles. The van der Waals surface area contributed by atoms with Crippen molar-refractivity contribution < 1.29 is 14.6 Å². The molecule has 0 radical (unpaired) electrons. The number of nitrogens with one attached hydrogen (secondary N) is 1. The molecule has 0 aliphatic carbocycles. The van der Waals surface area contributed by atoms with Crippen LogP contribution in [0.25, 0.3) is 0 Å². The number of benzene rings is 1. The summed E-state index contributed by atoms with van der Waals surface area (Å²) in [5.41, 5.74) is -0.599. The topological polar surface area (TPSA) is 54.0 Å². The second-order valence-electron chi connectivity index (χ2n) is 5.62. The highest BCUT2D eigenvalue weighted by Crippen LogP contribution is 2.26. The summed E-state index contributed by atoms with van der Waals surface area (Å²) in [5, 5.41) is 13.5. The molecule has 0 aromatic heterocycles. The van der Waals surface area contributed by atoms with E-state index in [1.54, 1.807) is 0 Å². The summed E-state index contributed by atoms with van der Waals surface area (Å²) in [4.78, 5) is 2.11. The van der Waals surface area contributed by atoms with E-state index >= 15 is 0 Å². The molecule has 1 atom stereocenters. The number of hydrogen-bond donors (Lipinski definition) is 2. The number of β-amino-alcohol motifs (C(OH)–C–C–N with tert-alkyl or cyclic N) is 1. The van der Waals surface area contributed by atoms with Gasteiger partial charge in [-0.2, -0.15) is 0 Å². The van der Waals surface area contributed by atoms with Crippen LogP contribution in [-0.2, 0) is 0 Å². The second kappa shape index (κ2) is 7.64. The number of ether oxygens (including phenoxy) is 2. The molecule has 1 fully saturated rings. The number of likely N-dealkylation sites (N-methyl/N-ethyl adjacent to an activating group) is 1. The lowest BCUT2D eigenvalue weighted by molar-refractivity contribution is 0.0254. The van der Waals surface area contributed by atoms with E-state index < -0.39 is 5.60 Å². The Hall–Kier alpha value is -1.30. The summed E-state index contributed by atoms with van der Waals surface area (Å²) in [6.45, 7) is 6.15. The first-order valence-corrected chi connectivity index (χ1v) is 7.59. The lowest BCUT2D eigenvalue weighted by Gasteiger charge is -2.27. The first-order chi connectivity index (χ1) is 10.1. The van der Waals surface area contributed by atoms with E-state index in [-0.39, 0.29) is 0 Å². The van der Waals surface area contributed by atoms with Crippen LogP contribution in [0.2, 0.25) is 0 Å². The summed E-state index contributed by atoms with van der Waals surface area (Å²) >= 11 is 0. The molecular formula is C16H26N2O3. The van der Waals surface area contributed by atoms with Gasteiger partial charge in [0, 0.05) is 19.6 Å². The van der Waals surface area contributed by atoms with Crippen LogP contribution < -0.4 is 14.8 Å². The fourth-order valence-corrected chi connectivity index (χ4v) is 2.60. The normalized spacial score (nSPS) is 21.7. The van der Waals surface area contributed by atoms with Crippen molar-refractivity contribution in [1.29, 1.82) is 0 Å². The quantitative estimate of drug-likeness (QED) is 0.752. The van der Waals surface area contributed by atoms with Crippen molar-refractivity contribution in [2.24, 2.45) is 0 Å². The Bertz CT molecular complexity index is 433. The zero-order valence-electron chi connectivity index (χ0n) is 13.0. The largest absolute Gasteiger partial charge is 0.490 e. The van der Waals surface area contributed by atoms with E-state index in [0.29, 0.717) is 26.3 Å². The van der Waals surface area contributed by atoms with Crippen LogP contribution in [-0.4, -0.2) is 62.0 Å². The van der Waals surface area contributed by atoms with Gasteiger partial charge in [-0.15, -0.1) is 0 Å². The molecule has 2 rings (SSSR count). The average Bonchev–Trinajstić information content (AvgIpc) is 2.87. The van der Waals surface area contributed by atoms with E-state index in [1.165, 1.54) is 0 Å². The van der Waals surface area contributed by atoms with Crippen molar-refractivity contribution >= 4 is 0 Å². The Labute approximate surface area is 126 Å². The van der Waals surface area contributed by atoms with Crippen LogP contribution in [0.3, 0.4) is 0 Å². The first-order valence-electron chi connectivity index (χ1n) is 7.59. The second-order valence-corrected chi connectivity index (χ2v) is 5.62. The van der Waals surface area contributed by atoms with Gasteiger partial charge in [0.15, 0.2) is 11.5 Å². The van der Waals surface area contributed by atoms with Gasteiger partial charge in [-0.25, -0.2) is 0 Å². The minimum absolute atomic E-state index is 0.574. The molecule has 1 aromatic rings. The first kappa shape index (κ1) is 16.1. The van der Waals surface area contributed by atoms with Crippen LogP contribution in [0.5, 0.6) is 11.5 Å². The molecule has 0 bridgehead atoms. The zero-order valence-corrected chi connectivity index (χ0v) is 13.0. The third-order valence-electron chi connectivity index (χ3n) is 3.66. The highest BCUT2D eigenvalue weighted by Gasteiger charge is 2.31. The van der Waals surface area contributed by atoms with E-state index in [0.717, 1.165) is 31.0 Å². The Kier molecular flexibility index (Phi) is 5.85. The van der Waals surface area contributed by atoms with Gasteiger partial charge in [0.2, 0.25) is 0 Å². The Morgan fingerprint density at radius 3 is 2.62 bits per heavy atom. The predicted octanol–water partition coefficient (Wildman–Crippen LogP) is 1.12. The molecule has 5 nitrogen and oxygen atoms in total. The Balaban J connectivity index is 1.76. The lowest BCUT2D eigenvalue weighted by atomic mass is 10.0. The molecule has 5 heteroatoms. The molecule has 0 saturated carbocycles. The highest BCUT2D eigenvalue weighted by molar-refractivity contribution is 5.39. The molecule has 118 valence electrons. The maximum Gasteiger partial charge on any atom is 0.161 e. The number of rotatable bonds is 8. The molecule has 1 aliphatic heterocycles. The molecule has 0 spiro atoms. The summed E-state index contributed by atoms with van der Waals surface area (Å²) in [7, 11) is 2.01. The number of aliphatic hydroxyl groups is 1. The van der Waals surface area contributed by atoms with Crippen molar-refractivity contribution in [2.75, 3.05) is 46.4 Å². The summed E-state index contributed by atoms with van der Waals surface area (Å²) < 4.78 is 11.3. The molecule has 1 aliphatic rings. The molecule has 21 heavy (non-hydrogen) atoms. The SMILES string of the molecule is CCOc1ccccc1OCCN(C)CC1(O)CCNC1. The standard InChI is InChI=1S/C16H26N2O3/c1-3-20-14-6-4-5-7-15(14)21-11-10-18(2)13-16(19)8-9-17-12-16/h4-7,17,19H,3,8-13H2,1-2H3. The van der Waals surface area contributed by atoms with Crippen LogP contribution in [0.4, 0.5) is 0 Å². The maximum absolute atomic E-state index is 10.3. The smallest absolute Gasteiger partial charge is 0.161 e. The van der Waals surface area contributed by atoms with E-state index in [2.05, 4.69) is 10.2 Å².